The normalized spacial score (nSPS) is 18.8. The minimum atomic E-state index is -0.857. The Kier molecular flexibility index (Phi) is 11.1. The number of hydrogen-bond donors (Lipinski definition) is 1. The summed E-state index contributed by atoms with van der Waals surface area (Å²) in [7, 11) is 0. The van der Waals surface area contributed by atoms with Crippen LogP contribution >= 0.6 is 0 Å². The van der Waals surface area contributed by atoms with E-state index in [2.05, 4.69) is 114 Å². The smallest absolute Gasteiger partial charge is 0.335 e. The lowest BCUT2D eigenvalue weighted by Crippen LogP contribution is -2.30. The Morgan fingerprint density at radius 3 is 1.77 bits per heavy atom. The Morgan fingerprint density at radius 2 is 1.23 bits per heavy atom. The molecule has 0 saturated carbocycles. The van der Waals surface area contributed by atoms with E-state index < -0.39 is 5.97 Å². The van der Waals surface area contributed by atoms with E-state index in [4.69, 9.17) is 5.11 Å². The highest BCUT2D eigenvalue weighted by atomic mass is 16.4. The molecular formula is C48H58N2O3. The van der Waals surface area contributed by atoms with Gasteiger partial charge in [0.1, 0.15) is 0 Å². The zero-order valence-electron chi connectivity index (χ0n) is 33.1. The fourth-order valence-electron chi connectivity index (χ4n) is 8.81. The number of aromatic nitrogens is 1. The van der Waals surface area contributed by atoms with E-state index in [1.165, 1.54) is 59.1 Å². The molecule has 0 saturated heterocycles. The number of anilines is 1. The molecule has 0 bridgehead atoms. The molecule has 53 heavy (non-hydrogen) atoms. The fraction of sp³-hybridized carbons (Fsp3) is 0.417. The van der Waals surface area contributed by atoms with Crippen molar-refractivity contribution in [1.82, 2.24) is 4.57 Å². The van der Waals surface area contributed by atoms with Crippen LogP contribution in [-0.2, 0) is 13.1 Å². The lowest BCUT2D eigenvalue weighted by Gasteiger charge is -2.36. The van der Waals surface area contributed by atoms with E-state index >= 15 is 0 Å². The van der Waals surface area contributed by atoms with Crippen molar-refractivity contribution < 1.29 is 14.7 Å². The first kappa shape index (κ1) is 38.1. The van der Waals surface area contributed by atoms with Crippen LogP contribution in [-0.4, -0.2) is 21.6 Å². The number of aryl methyl sites for hydroxylation is 2. The van der Waals surface area contributed by atoms with Crippen molar-refractivity contribution in [2.24, 2.45) is 22.7 Å². The fourth-order valence-corrected chi connectivity index (χ4v) is 8.81. The number of carbonyl (C=O) groups excluding carboxylic acids is 1. The van der Waals surface area contributed by atoms with Crippen molar-refractivity contribution in [3.8, 4) is 0 Å². The van der Waals surface area contributed by atoms with Gasteiger partial charge in [0.25, 0.3) is 5.91 Å². The first-order valence-corrected chi connectivity index (χ1v) is 19.5. The molecule has 4 aromatic rings. The zero-order chi connectivity index (χ0) is 38.1. The molecule has 1 N–H and O–H groups in total. The van der Waals surface area contributed by atoms with Gasteiger partial charge in [-0.3, -0.25) is 4.79 Å². The van der Waals surface area contributed by atoms with Gasteiger partial charge in [0.2, 0.25) is 0 Å². The first-order chi connectivity index (χ1) is 25.1. The second-order valence-electron chi connectivity index (χ2n) is 17.5. The van der Waals surface area contributed by atoms with Crippen LogP contribution in [0.2, 0.25) is 0 Å². The minimum Gasteiger partial charge on any atom is -0.478 e. The molecule has 3 aromatic carbocycles. The molecule has 1 amide bonds. The van der Waals surface area contributed by atoms with Gasteiger partial charge in [0.05, 0.1) is 12.1 Å². The number of allylic oxidation sites excluding steroid dienone is 4. The summed E-state index contributed by atoms with van der Waals surface area (Å²) in [6, 6.07) is 24.3. The summed E-state index contributed by atoms with van der Waals surface area (Å²) in [5.41, 5.74) is 12.6. The maximum Gasteiger partial charge on any atom is 0.335 e. The summed E-state index contributed by atoms with van der Waals surface area (Å²) in [5.74, 6) is 0.309. The average molecular weight is 711 g/mol. The number of hydrogen-bond acceptors (Lipinski definition) is 2. The van der Waals surface area contributed by atoms with Crippen molar-refractivity contribution in [2.45, 2.75) is 107 Å². The molecule has 1 aromatic heterocycles. The van der Waals surface area contributed by atoms with E-state index in [-0.39, 0.29) is 16.7 Å². The quantitative estimate of drug-likeness (QED) is 0.229. The number of amides is 1. The zero-order valence-corrected chi connectivity index (χ0v) is 33.1. The summed E-state index contributed by atoms with van der Waals surface area (Å²) in [4.78, 5) is 26.8. The summed E-state index contributed by atoms with van der Waals surface area (Å²) >= 11 is 0. The highest BCUT2D eigenvalue weighted by molar-refractivity contribution is 6.07. The molecule has 5 nitrogen and oxygen atoms in total. The standard InChI is InChI=1S/C30H34N2O.C18H24O2/c1-21-18-22(15-16-25(21)26-12-6-7-13-27(26)30(2,3)4)29(33)32-20-24-11-9-17-31(24)19-23-10-5-8-14-28(23)32;1-12-11-13(17(19)20)9-10-14(12)15-7-5-6-8-16(15)18(2,3)4/h5,8-12,14-18,27H,6-7,13,19-20H2,1-4H3;7,9-11,16H,5-6,8H2,1-4H3,(H,19,20). The highest BCUT2D eigenvalue weighted by Crippen LogP contribution is 2.45. The van der Waals surface area contributed by atoms with Crippen LogP contribution in [0.25, 0.3) is 11.1 Å². The molecule has 0 fully saturated rings. The number of carbonyl (C=O) groups is 2. The first-order valence-electron chi connectivity index (χ1n) is 19.5. The number of benzene rings is 3. The maximum atomic E-state index is 13.8. The van der Waals surface area contributed by atoms with Crippen molar-refractivity contribution >= 4 is 28.7 Å². The maximum absolute atomic E-state index is 13.8. The molecule has 0 spiro atoms. The highest BCUT2D eigenvalue weighted by Gasteiger charge is 2.32. The van der Waals surface area contributed by atoms with Crippen LogP contribution < -0.4 is 4.90 Å². The van der Waals surface area contributed by atoms with Gasteiger partial charge in [-0.25, -0.2) is 4.79 Å². The second-order valence-corrected chi connectivity index (χ2v) is 17.5. The van der Waals surface area contributed by atoms with E-state index in [0.29, 0.717) is 23.9 Å². The van der Waals surface area contributed by atoms with Crippen LogP contribution in [0.15, 0.2) is 91.1 Å². The predicted molar refractivity (Wildman–Crippen MR) is 219 cm³/mol. The Bertz CT molecular complexity index is 2050. The molecule has 7 rings (SSSR count). The van der Waals surface area contributed by atoms with Crippen molar-refractivity contribution in [3.05, 3.63) is 136 Å². The third-order valence-corrected chi connectivity index (χ3v) is 11.6. The Labute approximate surface area is 317 Å². The van der Waals surface area contributed by atoms with Crippen LogP contribution in [0, 0.1) is 36.5 Å². The lowest BCUT2D eigenvalue weighted by molar-refractivity contribution is 0.0696. The second kappa shape index (κ2) is 15.4. The molecule has 1 aliphatic heterocycles. The molecule has 278 valence electrons. The van der Waals surface area contributed by atoms with Gasteiger partial charge in [-0.1, -0.05) is 84.0 Å². The van der Waals surface area contributed by atoms with Crippen molar-refractivity contribution in [1.29, 1.82) is 0 Å². The van der Waals surface area contributed by atoms with E-state index in [1.54, 1.807) is 12.1 Å². The SMILES string of the molecule is Cc1cc(C(=O)N2Cc3cccn3Cc3ccccc32)ccc1C1=CCCCC1C(C)(C)C.Cc1cc(C(=O)O)ccc1C1=CCCCC1C(C)(C)C. The van der Waals surface area contributed by atoms with Gasteiger partial charge >= 0.3 is 5.97 Å². The van der Waals surface area contributed by atoms with Crippen molar-refractivity contribution in [3.63, 3.8) is 0 Å². The number of carboxylic acid groups (broad SMARTS) is 1. The van der Waals surface area contributed by atoms with Gasteiger partial charge in [0.15, 0.2) is 0 Å². The molecule has 0 radical (unpaired) electrons. The van der Waals surface area contributed by atoms with Gasteiger partial charge in [0, 0.05) is 29.7 Å². The number of rotatable bonds is 4. The molecular weight excluding hydrogens is 653 g/mol. The van der Waals surface area contributed by atoms with E-state index in [9.17, 15) is 9.59 Å². The Morgan fingerprint density at radius 1 is 0.679 bits per heavy atom. The molecule has 2 aliphatic carbocycles. The third-order valence-electron chi connectivity index (χ3n) is 11.6. The summed E-state index contributed by atoms with van der Waals surface area (Å²) in [5, 5.41) is 9.08. The molecule has 2 unspecified atom stereocenters. The monoisotopic (exact) mass is 710 g/mol. The summed E-state index contributed by atoms with van der Waals surface area (Å²) < 4.78 is 2.24. The largest absolute Gasteiger partial charge is 0.478 e. The van der Waals surface area contributed by atoms with Crippen LogP contribution in [0.5, 0.6) is 0 Å². The predicted octanol–water partition coefficient (Wildman–Crippen LogP) is 12.2. The molecule has 3 aliphatic rings. The molecule has 2 heterocycles. The van der Waals surface area contributed by atoms with Crippen molar-refractivity contribution in [2.75, 3.05) is 4.90 Å². The Balaban J connectivity index is 0.000000206. The number of aromatic carboxylic acids is 1. The average Bonchev–Trinajstić information content (AvgIpc) is 3.49. The Hall–Kier alpha value is -4.64. The van der Waals surface area contributed by atoms with Crippen LogP contribution in [0.3, 0.4) is 0 Å². The van der Waals surface area contributed by atoms with E-state index in [0.717, 1.165) is 41.9 Å². The summed E-state index contributed by atoms with van der Waals surface area (Å²) in [6.07, 6.45) is 14.1. The topological polar surface area (TPSA) is 62.5 Å². The van der Waals surface area contributed by atoms with Crippen LogP contribution in [0.1, 0.15) is 134 Å². The number of carboxylic acids is 1. The third kappa shape index (κ3) is 8.30. The van der Waals surface area contributed by atoms with Gasteiger partial charge in [-0.2, -0.15) is 0 Å². The number of fused-ring (bicyclic) bond motifs is 2. The summed E-state index contributed by atoms with van der Waals surface area (Å²) in [6.45, 7) is 19.4. The van der Waals surface area contributed by atoms with Crippen LogP contribution in [0.4, 0.5) is 5.69 Å². The number of nitrogens with zero attached hydrogens (tertiary/aromatic N) is 2. The van der Waals surface area contributed by atoms with Gasteiger partial charge < -0.3 is 14.6 Å². The minimum absolute atomic E-state index is 0.0664. The van der Waals surface area contributed by atoms with Gasteiger partial charge in [-0.05, 0) is 156 Å². The number of para-hydroxylation sites is 1. The molecule has 5 heteroatoms. The van der Waals surface area contributed by atoms with Gasteiger partial charge in [-0.15, -0.1) is 0 Å². The lowest BCUT2D eigenvalue weighted by atomic mass is 9.69. The molecule has 2 atom stereocenters. The van der Waals surface area contributed by atoms with E-state index in [1.807, 2.05) is 30.0 Å².